The minimum absolute atomic E-state index is 0.0774. The molecule has 0 fully saturated rings. The number of aromatic nitrogens is 1. The van der Waals surface area contributed by atoms with Crippen molar-refractivity contribution in [3.63, 3.8) is 0 Å². The van der Waals surface area contributed by atoms with Gasteiger partial charge in [0.05, 0.1) is 17.2 Å². The van der Waals surface area contributed by atoms with Gasteiger partial charge in [-0.05, 0) is 36.8 Å². The molecule has 0 atom stereocenters. The van der Waals surface area contributed by atoms with Gasteiger partial charge in [0.25, 0.3) is 0 Å². The fourth-order valence-electron chi connectivity index (χ4n) is 1.62. The number of carbonyl (C=O) groups is 1. The van der Waals surface area contributed by atoms with Crippen LogP contribution < -0.4 is 4.74 Å². The minimum Gasteiger partial charge on any atom is -0.491 e. The molecule has 4 nitrogen and oxygen atoms in total. The highest BCUT2D eigenvalue weighted by Crippen LogP contribution is 2.34. The van der Waals surface area contributed by atoms with Crippen molar-refractivity contribution in [3.05, 3.63) is 47.1 Å². The van der Waals surface area contributed by atoms with Crippen LogP contribution in [0.15, 0.2) is 46.5 Å². The van der Waals surface area contributed by atoms with Crippen LogP contribution in [0.5, 0.6) is 5.75 Å². The van der Waals surface area contributed by atoms with E-state index in [4.69, 9.17) is 21.4 Å². The van der Waals surface area contributed by atoms with Gasteiger partial charge in [-0.3, -0.25) is 0 Å². The average Bonchev–Trinajstić information content (AvgIpc) is 2.48. The molecule has 0 bridgehead atoms. The number of hydrogen-bond acceptors (Lipinski definition) is 4. The van der Waals surface area contributed by atoms with Gasteiger partial charge in [0.2, 0.25) is 0 Å². The summed E-state index contributed by atoms with van der Waals surface area (Å²) in [5.74, 6) is -0.359. The zero-order chi connectivity index (χ0) is 15.2. The van der Waals surface area contributed by atoms with Gasteiger partial charge >= 0.3 is 5.97 Å². The highest BCUT2D eigenvalue weighted by Gasteiger charge is 2.12. The van der Waals surface area contributed by atoms with Crippen LogP contribution in [0.2, 0.25) is 5.02 Å². The normalized spacial score (nSPS) is 10.4. The lowest BCUT2D eigenvalue weighted by Gasteiger charge is -2.09. The third-order valence-electron chi connectivity index (χ3n) is 2.58. The highest BCUT2D eigenvalue weighted by atomic mass is 35.5. The summed E-state index contributed by atoms with van der Waals surface area (Å²) in [4.78, 5) is 16.1. The SMILES string of the molecule is CCCOc1cccnc1Sc1ccc(Cl)c(C(=O)O)c1. The third kappa shape index (κ3) is 4.12. The van der Waals surface area contributed by atoms with Crippen molar-refractivity contribution in [3.8, 4) is 5.75 Å². The Bertz CT molecular complexity index is 649. The molecule has 1 N–H and O–H groups in total. The Morgan fingerprint density at radius 3 is 2.95 bits per heavy atom. The molecule has 0 unspecified atom stereocenters. The minimum atomic E-state index is -1.05. The summed E-state index contributed by atoms with van der Waals surface area (Å²) in [6.45, 7) is 2.64. The summed E-state index contributed by atoms with van der Waals surface area (Å²) in [6.07, 6.45) is 2.58. The van der Waals surface area contributed by atoms with Crippen LogP contribution >= 0.6 is 23.4 Å². The Labute approximate surface area is 132 Å². The first kappa shape index (κ1) is 15.7. The van der Waals surface area contributed by atoms with E-state index in [-0.39, 0.29) is 10.6 Å². The number of carboxylic acid groups (broad SMARTS) is 1. The van der Waals surface area contributed by atoms with E-state index in [0.29, 0.717) is 17.4 Å². The van der Waals surface area contributed by atoms with Crippen LogP contribution in [0.4, 0.5) is 0 Å². The predicted octanol–water partition coefficient (Wildman–Crippen LogP) is 4.37. The summed E-state index contributed by atoms with van der Waals surface area (Å²) >= 11 is 7.21. The Morgan fingerprint density at radius 2 is 2.24 bits per heavy atom. The van der Waals surface area contributed by atoms with Crippen molar-refractivity contribution in [1.82, 2.24) is 4.98 Å². The first-order valence-electron chi connectivity index (χ1n) is 6.40. The molecule has 0 saturated carbocycles. The zero-order valence-corrected chi connectivity index (χ0v) is 12.9. The van der Waals surface area contributed by atoms with Gasteiger partial charge < -0.3 is 9.84 Å². The predicted molar refractivity (Wildman–Crippen MR) is 82.6 cm³/mol. The summed E-state index contributed by atoms with van der Waals surface area (Å²) in [6, 6.07) is 8.52. The molecule has 2 rings (SSSR count). The van der Waals surface area contributed by atoms with E-state index >= 15 is 0 Å². The highest BCUT2D eigenvalue weighted by molar-refractivity contribution is 7.99. The topological polar surface area (TPSA) is 59.4 Å². The molecule has 1 heterocycles. The zero-order valence-electron chi connectivity index (χ0n) is 11.4. The molecular weight excluding hydrogens is 310 g/mol. The van der Waals surface area contributed by atoms with E-state index in [2.05, 4.69) is 4.98 Å². The number of carboxylic acids is 1. The second-order valence-electron chi connectivity index (χ2n) is 4.20. The number of benzene rings is 1. The first-order chi connectivity index (χ1) is 10.1. The maximum atomic E-state index is 11.1. The van der Waals surface area contributed by atoms with E-state index in [1.54, 1.807) is 24.4 Å². The number of pyridine rings is 1. The number of hydrogen-bond donors (Lipinski definition) is 1. The van der Waals surface area contributed by atoms with Crippen molar-refractivity contribution in [2.45, 2.75) is 23.3 Å². The van der Waals surface area contributed by atoms with Crippen LogP contribution in [0.3, 0.4) is 0 Å². The lowest BCUT2D eigenvalue weighted by Crippen LogP contribution is -1.99. The van der Waals surface area contributed by atoms with Crippen molar-refractivity contribution < 1.29 is 14.6 Å². The maximum absolute atomic E-state index is 11.1. The molecule has 0 saturated heterocycles. The quantitative estimate of drug-likeness (QED) is 0.855. The first-order valence-corrected chi connectivity index (χ1v) is 7.59. The Hall–Kier alpha value is -1.72. The molecule has 6 heteroatoms. The molecular formula is C15H14ClNO3S. The molecule has 1 aromatic heterocycles. The molecule has 0 aliphatic heterocycles. The number of aromatic carboxylic acids is 1. The van der Waals surface area contributed by atoms with Gasteiger partial charge in [-0.2, -0.15) is 0 Å². The van der Waals surface area contributed by atoms with E-state index in [9.17, 15) is 4.79 Å². The average molecular weight is 324 g/mol. The molecule has 0 radical (unpaired) electrons. The second-order valence-corrected chi connectivity index (χ2v) is 5.67. The van der Waals surface area contributed by atoms with E-state index in [0.717, 1.165) is 11.3 Å². The Kier molecular flexibility index (Phi) is 5.47. The largest absolute Gasteiger partial charge is 0.491 e. The summed E-state index contributed by atoms with van der Waals surface area (Å²) < 4.78 is 5.63. The summed E-state index contributed by atoms with van der Waals surface area (Å²) in [5, 5.41) is 10.0. The number of ether oxygens (including phenoxy) is 1. The van der Waals surface area contributed by atoms with E-state index < -0.39 is 5.97 Å². The summed E-state index contributed by atoms with van der Waals surface area (Å²) in [7, 11) is 0. The lowest BCUT2D eigenvalue weighted by atomic mass is 10.2. The fourth-order valence-corrected chi connectivity index (χ4v) is 2.69. The van der Waals surface area contributed by atoms with Gasteiger partial charge in [-0.15, -0.1) is 0 Å². The van der Waals surface area contributed by atoms with Gasteiger partial charge in [-0.25, -0.2) is 9.78 Å². The number of rotatable bonds is 6. The Morgan fingerprint density at radius 1 is 1.43 bits per heavy atom. The smallest absolute Gasteiger partial charge is 0.337 e. The van der Waals surface area contributed by atoms with Crippen molar-refractivity contribution in [2.75, 3.05) is 6.61 Å². The molecule has 0 aliphatic carbocycles. The third-order valence-corrected chi connectivity index (χ3v) is 3.90. The van der Waals surface area contributed by atoms with E-state index in [1.165, 1.54) is 17.8 Å². The van der Waals surface area contributed by atoms with Crippen LogP contribution in [0.1, 0.15) is 23.7 Å². The van der Waals surface area contributed by atoms with Crippen LogP contribution in [0, 0.1) is 0 Å². The van der Waals surface area contributed by atoms with Crippen molar-refractivity contribution >= 4 is 29.3 Å². The maximum Gasteiger partial charge on any atom is 0.337 e. The van der Waals surface area contributed by atoms with Gasteiger partial charge in [0.15, 0.2) is 5.75 Å². The number of nitrogens with zero attached hydrogens (tertiary/aromatic N) is 1. The summed E-state index contributed by atoms with van der Waals surface area (Å²) in [5.41, 5.74) is 0.0774. The number of halogens is 1. The molecule has 0 amide bonds. The lowest BCUT2D eigenvalue weighted by molar-refractivity contribution is 0.0697. The van der Waals surface area contributed by atoms with Gasteiger partial charge in [0.1, 0.15) is 5.03 Å². The molecule has 110 valence electrons. The molecule has 1 aromatic carbocycles. The van der Waals surface area contributed by atoms with Crippen molar-refractivity contribution in [1.29, 1.82) is 0 Å². The van der Waals surface area contributed by atoms with Crippen LogP contribution in [-0.4, -0.2) is 22.7 Å². The Balaban J connectivity index is 2.26. The van der Waals surface area contributed by atoms with E-state index in [1.807, 2.05) is 13.0 Å². The molecule has 0 spiro atoms. The van der Waals surface area contributed by atoms with Gasteiger partial charge in [0, 0.05) is 11.1 Å². The molecule has 2 aromatic rings. The fraction of sp³-hybridized carbons (Fsp3) is 0.200. The second kappa shape index (κ2) is 7.33. The van der Waals surface area contributed by atoms with Crippen molar-refractivity contribution in [2.24, 2.45) is 0 Å². The molecule has 0 aliphatic rings. The van der Waals surface area contributed by atoms with Gasteiger partial charge in [-0.1, -0.05) is 30.3 Å². The standard InChI is InChI=1S/C15H14ClNO3S/c1-2-8-20-13-4-3-7-17-14(13)21-10-5-6-12(16)11(9-10)15(18)19/h3-7,9H,2,8H2,1H3,(H,18,19). The monoisotopic (exact) mass is 323 g/mol. The van der Waals surface area contributed by atoms with Crippen LogP contribution in [-0.2, 0) is 0 Å². The van der Waals surface area contributed by atoms with Crippen LogP contribution in [0.25, 0.3) is 0 Å². The molecule has 21 heavy (non-hydrogen) atoms.